The number of amides is 1. The van der Waals surface area contributed by atoms with Gasteiger partial charge in [-0.25, -0.2) is 4.98 Å². The maximum atomic E-state index is 12.9. The van der Waals surface area contributed by atoms with Crippen molar-refractivity contribution >= 4 is 39.0 Å². The number of carbonyl (C=O) groups is 1. The van der Waals surface area contributed by atoms with E-state index in [1.165, 1.54) is 16.9 Å². The lowest BCUT2D eigenvalue weighted by Crippen LogP contribution is -2.14. The molecule has 0 saturated carbocycles. The minimum atomic E-state index is -0.135. The normalized spacial score (nSPS) is 11.4. The van der Waals surface area contributed by atoms with Gasteiger partial charge in [0.25, 0.3) is 5.91 Å². The minimum Gasteiger partial charge on any atom is -0.439 e. The number of benzene rings is 2. The molecular formula is C23H22N4O2S. The van der Waals surface area contributed by atoms with Gasteiger partial charge in [0, 0.05) is 33.4 Å². The summed E-state index contributed by atoms with van der Waals surface area (Å²) in [6.07, 6.45) is 1.54. The summed E-state index contributed by atoms with van der Waals surface area (Å²) in [5.41, 5.74) is 8.19. The lowest BCUT2D eigenvalue weighted by molar-refractivity contribution is 0.102. The summed E-state index contributed by atoms with van der Waals surface area (Å²) >= 11 is 1.49. The number of hydrogen-bond acceptors (Lipinski definition) is 6. The highest BCUT2D eigenvalue weighted by molar-refractivity contribution is 7.17. The Morgan fingerprint density at radius 1 is 1.13 bits per heavy atom. The van der Waals surface area contributed by atoms with Gasteiger partial charge in [-0.15, -0.1) is 11.3 Å². The van der Waals surface area contributed by atoms with Gasteiger partial charge in [-0.3, -0.25) is 4.79 Å². The number of nitrogens with zero attached hydrogens (tertiary/aromatic N) is 2. The van der Waals surface area contributed by atoms with E-state index in [9.17, 15) is 4.79 Å². The monoisotopic (exact) mass is 418 g/mol. The molecule has 0 radical (unpaired) electrons. The van der Waals surface area contributed by atoms with Crippen LogP contribution in [0.25, 0.3) is 10.1 Å². The van der Waals surface area contributed by atoms with Gasteiger partial charge in [0.15, 0.2) is 0 Å². The average Bonchev–Trinajstić information content (AvgIpc) is 3.11. The highest BCUT2D eigenvalue weighted by atomic mass is 32.1. The zero-order valence-electron chi connectivity index (χ0n) is 17.0. The molecule has 3 N–H and O–H groups in total. The van der Waals surface area contributed by atoms with Crippen LogP contribution in [0.1, 0.15) is 36.7 Å². The molecule has 0 aliphatic carbocycles. The van der Waals surface area contributed by atoms with Gasteiger partial charge in [-0.2, -0.15) is 4.98 Å². The molecule has 2 aromatic carbocycles. The molecule has 0 fully saturated rings. The molecule has 0 atom stereocenters. The summed E-state index contributed by atoms with van der Waals surface area (Å²) in [5.74, 6) is 1.01. The first-order valence-corrected chi connectivity index (χ1v) is 10.4. The molecule has 2 heterocycles. The van der Waals surface area contributed by atoms with E-state index in [2.05, 4.69) is 42.1 Å². The second-order valence-corrected chi connectivity index (χ2v) is 8.86. The van der Waals surface area contributed by atoms with Crippen LogP contribution < -0.4 is 15.8 Å². The van der Waals surface area contributed by atoms with Crippen molar-refractivity contribution in [3.8, 4) is 11.6 Å². The maximum Gasteiger partial charge on any atom is 0.257 e. The fourth-order valence-electron chi connectivity index (χ4n) is 3.04. The molecule has 1 amide bonds. The molecule has 0 aliphatic heterocycles. The second-order valence-electron chi connectivity index (χ2n) is 7.95. The summed E-state index contributed by atoms with van der Waals surface area (Å²) in [4.78, 5) is 20.8. The van der Waals surface area contributed by atoms with Crippen LogP contribution in [0, 0.1) is 0 Å². The van der Waals surface area contributed by atoms with Crippen LogP contribution in [0.5, 0.6) is 11.6 Å². The smallest absolute Gasteiger partial charge is 0.257 e. The Morgan fingerprint density at radius 2 is 1.97 bits per heavy atom. The predicted octanol–water partition coefficient (Wildman–Crippen LogP) is 5.62. The van der Waals surface area contributed by atoms with Gasteiger partial charge in [-0.1, -0.05) is 32.9 Å². The molecule has 4 aromatic rings. The van der Waals surface area contributed by atoms with Crippen molar-refractivity contribution in [2.24, 2.45) is 0 Å². The zero-order chi connectivity index (χ0) is 21.3. The Balaban J connectivity index is 1.55. The van der Waals surface area contributed by atoms with Crippen molar-refractivity contribution in [1.82, 2.24) is 9.97 Å². The molecule has 7 heteroatoms. The van der Waals surface area contributed by atoms with E-state index in [0.717, 1.165) is 15.8 Å². The van der Waals surface area contributed by atoms with Crippen molar-refractivity contribution in [2.45, 2.75) is 26.2 Å². The minimum absolute atomic E-state index is 0.0144. The highest BCUT2D eigenvalue weighted by Crippen LogP contribution is 2.32. The largest absolute Gasteiger partial charge is 0.439 e. The molecule has 0 spiro atoms. The van der Waals surface area contributed by atoms with Crippen molar-refractivity contribution < 1.29 is 9.53 Å². The number of anilines is 2. The summed E-state index contributed by atoms with van der Waals surface area (Å²) in [6.45, 7) is 6.45. The third-order valence-electron chi connectivity index (χ3n) is 4.65. The number of thiophene rings is 1. The van der Waals surface area contributed by atoms with Gasteiger partial charge in [0.2, 0.25) is 11.8 Å². The van der Waals surface area contributed by atoms with Crippen LogP contribution in [0.2, 0.25) is 0 Å². The van der Waals surface area contributed by atoms with Crippen molar-refractivity contribution in [3.05, 3.63) is 71.2 Å². The predicted molar refractivity (Wildman–Crippen MR) is 121 cm³/mol. The molecule has 0 bridgehead atoms. The number of carbonyl (C=O) groups excluding carboxylic acids is 1. The first-order chi connectivity index (χ1) is 14.3. The van der Waals surface area contributed by atoms with Crippen LogP contribution in [0.15, 0.2) is 60.1 Å². The van der Waals surface area contributed by atoms with Gasteiger partial charge in [0.1, 0.15) is 5.75 Å². The number of fused-ring (bicyclic) bond motifs is 1. The van der Waals surface area contributed by atoms with Gasteiger partial charge >= 0.3 is 0 Å². The molecule has 6 nitrogen and oxygen atoms in total. The number of nitrogen functional groups attached to an aromatic ring is 1. The zero-order valence-corrected chi connectivity index (χ0v) is 17.8. The van der Waals surface area contributed by atoms with E-state index in [-0.39, 0.29) is 17.3 Å². The summed E-state index contributed by atoms with van der Waals surface area (Å²) < 4.78 is 6.70. The van der Waals surface area contributed by atoms with E-state index in [1.807, 2.05) is 41.8 Å². The second kappa shape index (κ2) is 7.76. The quantitative estimate of drug-likeness (QED) is 0.449. The van der Waals surface area contributed by atoms with E-state index in [4.69, 9.17) is 10.5 Å². The molecule has 0 saturated heterocycles. The van der Waals surface area contributed by atoms with E-state index < -0.39 is 0 Å². The van der Waals surface area contributed by atoms with Crippen molar-refractivity contribution in [3.63, 3.8) is 0 Å². The number of nitrogens with two attached hydrogens (primary N) is 1. The number of hydrogen-bond donors (Lipinski definition) is 2. The van der Waals surface area contributed by atoms with Crippen molar-refractivity contribution in [2.75, 3.05) is 11.1 Å². The lowest BCUT2D eigenvalue weighted by atomic mass is 9.87. The van der Waals surface area contributed by atoms with Crippen LogP contribution in [0.3, 0.4) is 0 Å². The average molecular weight is 419 g/mol. The Kier molecular flexibility index (Phi) is 5.13. The molecule has 30 heavy (non-hydrogen) atoms. The van der Waals surface area contributed by atoms with E-state index in [0.29, 0.717) is 17.2 Å². The van der Waals surface area contributed by atoms with Crippen LogP contribution in [-0.4, -0.2) is 15.9 Å². The van der Waals surface area contributed by atoms with E-state index in [1.54, 1.807) is 12.3 Å². The Morgan fingerprint density at radius 3 is 2.73 bits per heavy atom. The molecular weight excluding hydrogens is 396 g/mol. The summed E-state index contributed by atoms with van der Waals surface area (Å²) in [7, 11) is 0. The fourth-order valence-corrected chi connectivity index (χ4v) is 4.01. The van der Waals surface area contributed by atoms with Crippen LogP contribution in [-0.2, 0) is 5.41 Å². The summed E-state index contributed by atoms with van der Waals surface area (Å²) in [6, 6.07) is 15.2. The Bertz CT molecular complexity index is 1230. The molecule has 4 rings (SSSR count). The number of ether oxygens (including phenoxy) is 1. The number of rotatable bonds is 4. The lowest BCUT2D eigenvalue weighted by Gasteiger charge is -2.19. The first-order valence-electron chi connectivity index (χ1n) is 9.49. The number of aromatic nitrogens is 2. The third-order valence-corrected chi connectivity index (χ3v) is 5.59. The van der Waals surface area contributed by atoms with Crippen LogP contribution in [0.4, 0.5) is 11.6 Å². The maximum absolute atomic E-state index is 12.9. The van der Waals surface area contributed by atoms with Crippen LogP contribution >= 0.6 is 11.3 Å². The Labute approximate surface area is 178 Å². The summed E-state index contributed by atoms with van der Waals surface area (Å²) in [5, 5.41) is 5.75. The van der Waals surface area contributed by atoms with Gasteiger partial charge < -0.3 is 15.8 Å². The third kappa shape index (κ3) is 4.26. The SMILES string of the molecule is CC(C)(C)c1cccc(NC(=O)c2csc3cc(Oc4ccnc(N)n4)ccc23)c1. The van der Waals surface area contributed by atoms with E-state index >= 15 is 0 Å². The first kappa shape index (κ1) is 19.8. The molecule has 152 valence electrons. The number of nitrogens with one attached hydrogen (secondary N) is 1. The van der Waals surface area contributed by atoms with Crippen molar-refractivity contribution in [1.29, 1.82) is 0 Å². The standard InChI is InChI=1S/C23H22N4O2S/c1-23(2,3)14-5-4-6-15(11-14)26-21(28)18-13-30-19-12-16(7-8-17(18)19)29-20-9-10-25-22(24)27-20/h4-13H,1-3H3,(H,26,28)(H2,24,25,27). The topological polar surface area (TPSA) is 90.1 Å². The van der Waals surface area contributed by atoms with Gasteiger partial charge in [-0.05, 0) is 41.3 Å². The highest BCUT2D eigenvalue weighted by Gasteiger charge is 2.16. The Hall–Kier alpha value is -3.45. The molecule has 2 aromatic heterocycles. The molecule has 0 aliphatic rings. The van der Waals surface area contributed by atoms with Gasteiger partial charge in [0.05, 0.1) is 5.56 Å². The molecule has 0 unspecified atom stereocenters. The fraction of sp³-hybridized carbons (Fsp3) is 0.174.